The summed E-state index contributed by atoms with van der Waals surface area (Å²) >= 11 is 0. The molecule has 0 heterocycles. The zero-order valence-corrected chi connectivity index (χ0v) is 19.3. The van der Waals surface area contributed by atoms with Crippen molar-refractivity contribution >= 4 is 35.6 Å². The molecule has 15 heteroatoms. The van der Waals surface area contributed by atoms with Crippen LogP contribution in [0, 0.1) is 5.92 Å². The molecule has 0 aliphatic carbocycles. The third-order valence-electron chi connectivity index (χ3n) is 4.93. The van der Waals surface area contributed by atoms with Crippen LogP contribution in [0.25, 0.3) is 0 Å². The Morgan fingerprint density at radius 1 is 0.941 bits per heavy atom. The molecule has 0 aromatic carbocycles. The standard InChI is InChI=1S/C19H36N8O7/c1-3-9(2)14(18(33)34)27-16(31)11(5-4-6-24-19(22)23)25-17(32)12(7-13(21)29)26-15(30)10(20)8-28/h9-12,14,28H,3-8,20H2,1-2H3,(H2,21,29)(H,25,32)(H,26,30)(H,27,31)(H,33,34)(H4,22,23,24). The summed E-state index contributed by atoms with van der Waals surface area (Å²) in [5.74, 6) is -5.38. The third kappa shape index (κ3) is 11.4. The summed E-state index contributed by atoms with van der Waals surface area (Å²) in [7, 11) is 0. The van der Waals surface area contributed by atoms with Crippen LogP contribution in [0.5, 0.6) is 0 Å². The molecule has 194 valence electrons. The molecular weight excluding hydrogens is 452 g/mol. The Kier molecular flexibility index (Phi) is 13.8. The molecule has 15 nitrogen and oxygen atoms in total. The van der Waals surface area contributed by atoms with Gasteiger partial charge in [-0.05, 0) is 18.8 Å². The van der Waals surface area contributed by atoms with E-state index in [0.29, 0.717) is 6.42 Å². The second kappa shape index (κ2) is 15.4. The molecule has 0 aromatic heterocycles. The summed E-state index contributed by atoms with van der Waals surface area (Å²) in [6.07, 6.45) is 0.105. The Bertz CT molecular complexity index is 757. The lowest BCUT2D eigenvalue weighted by molar-refractivity contribution is -0.144. The van der Waals surface area contributed by atoms with Gasteiger partial charge in [-0.2, -0.15) is 0 Å². The Hall–Kier alpha value is -3.46. The van der Waals surface area contributed by atoms with Crippen LogP contribution >= 0.6 is 0 Å². The topological polar surface area (TPSA) is 278 Å². The Balaban J connectivity index is 5.65. The van der Waals surface area contributed by atoms with Gasteiger partial charge in [0.25, 0.3) is 0 Å². The lowest BCUT2D eigenvalue weighted by atomic mass is 9.98. The van der Waals surface area contributed by atoms with E-state index in [-0.39, 0.29) is 25.3 Å². The van der Waals surface area contributed by atoms with Gasteiger partial charge < -0.3 is 49.1 Å². The predicted octanol–water partition coefficient (Wildman–Crippen LogP) is -4.18. The fourth-order valence-electron chi connectivity index (χ4n) is 2.75. The average Bonchev–Trinajstić information content (AvgIpc) is 2.76. The normalized spacial score (nSPS) is 15.1. The van der Waals surface area contributed by atoms with E-state index >= 15 is 0 Å². The van der Waals surface area contributed by atoms with Crippen molar-refractivity contribution in [1.82, 2.24) is 16.0 Å². The summed E-state index contributed by atoms with van der Waals surface area (Å²) in [5.41, 5.74) is 21.1. The van der Waals surface area contributed by atoms with Crippen LogP contribution in [0.1, 0.15) is 39.5 Å². The minimum Gasteiger partial charge on any atom is -0.480 e. The number of carboxylic acids is 1. The number of aliphatic hydroxyl groups excluding tert-OH is 1. The van der Waals surface area contributed by atoms with E-state index in [1.807, 2.05) is 0 Å². The van der Waals surface area contributed by atoms with Gasteiger partial charge in [-0.15, -0.1) is 0 Å². The molecule has 0 aromatic rings. The number of aliphatic hydroxyl groups is 1. The van der Waals surface area contributed by atoms with E-state index in [2.05, 4.69) is 20.9 Å². The summed E-state index contributed by atoms with van der Waals surface area (Å²) in [6, 6.07) is -5.29. The highest BCUT2D eigenvalue weighted by Gasteiger charge is 2.32. The maximum absolute atomic E-state index is 12.9. The monoisotopic (exact) mass is 488 g/mol. The van der Waals surface area contributed by atoms with Crippen molar-refractivity contribution in [2.75, 3.05) is 13.2 Å². The van der Waals surface area contributed by atoms with E-state index in [1.54, 1.807) is 13.8 Å². The van der Waals surface area contributed by atoms with Crippen molar-refractivity contribution in [3.05, 3.63) is 0 Å². The zero-order valence-electron chi connectivity index (χ0n) is 19.3. The second-order valence-corrected chi connectivity index (χ2v) is 7.74. The lowest BCUT2D eigenvalue weighted by Crippen LogP contribution is -2.58. The molecule has 13 N–H and O–H groups in total. The van der Waals surface area contributed by atoms with Crippen LogP contribution in [0.4, 0.5) is 0 Å². The quantitative estimate of drug-likeness (QED) is 0.0573. The van der Waals surface area contributed by atoms with E-state index in [1.165, 1.54) is 0 Å². The van der Waals surface area contributed by atoms with Gasteiger partial charge in [-0.25, -0.2) is 4.79 Å². The molecule has 4 amide bonds. The minimum atomic E-state index is -1.49. The van der Waals surface area contributed by atoms with Crippen LogP contribution in [-0.2, 0) is 24.0 Å². The first kappa shape index (κ1) is 30.5. The van der Waals surface area contributed by atoms with Crippen molar-refractivity contribution in [2.45, 2.75) is 63.7 Å². The van der Waals surface area contributed by atoms with Gasteiger partial charge in [0.15, 0.2) is 5.96 Å². The van der Waals surface area contributed by atoms with Crippen LogP contribution in [-0.4, -0.2) is 83.1 Å². The maximum Gasteiger partial charge on any atom is 0.326 e. The molecule has 0 saturated heterocycles. The number of hydrogen-bond acceptors (Lipinski definition) is 8. The van der Waals surface area contributed by atoms with Gasteiger partial charge in [0.1, 0.15) is 24.2 Å². The second-order valence-electron chi connectivity index (χ2n) is 7.74. The number of carboxylic acid groups (broad SMARTS) is 1. The minimum absolute atomic E-state index is 0.00852. The Labute approximate surface area is 197 Å². The van der Waals surface area contributed by atoms with Gasteiger partial charge in [-0.1, -0.05) is 20.3 Å². The van der Waals surface area contributed by atoms with Crippen molar-refractivity contribution in [3.63, 3.8) is 0 Å². The zero-order chi connectivity index (χ0) is 26.4. The first-order chi connectivity index (χ1) is 15.8. The van der Waals surface area contributed by atoms with Gasteiger partial charge in [-0.3, -0.25) is 24.2 Å². The van der Waals surface area contributed by atoms with Gasteiger partial charge in [0, 0.05) is 6.54 Å². The highest BCUT2D eigenvalue weighted by Crippen LogP contribution is 2.09. The van der Waals surface area contributed by atoms with E-state index < -0.39 is 72.7 Å². The van der Waals surface area contributed by atoms with E-state index in [4.69, 9.17) is 28.0 Å². The van der Waals surface area contributed by atoms with Crippen LogP contribution in [0.15, 0.2) is 4.99 Å². The summed E-state index contributed by atoms with van der Waals surface area (Å²) < 4.78 is 0. The number of rotatable bonds is 16. The number of nitrogens with two attached hydrogens (primary N) is 4. The molecule has 0 aliphatic heterocycles. The van der Waals surface area contributed by atoms with E-state index in [9.17, 15) is 29.1 Å². The number of hydrogen-bond donors (Lipinski definition) is 9. The van der Waals surface area contributed by atoms with E-state index in [0.717, 1.165) is 0 Å². The number of primary amides is 1. The lowest BCUT2D eigenvalue weighted by Gasteiger charge is -2.26. The SMILES string of the molecule is CCC(C)C(NC(=O)C(CCCN=C(N)N)NC(=O)C(CC(N)=O)NC(=O)C(N)CO)C(=O)O. The average molecular weight is 489 g/mol. The molecule has 5 atom stereocenters. The van der Waals surface area contributed by atoms with Crippen LogP contribution in [0.2, 0.25) is 0 Å². The van der Waals surface area contributed by atoms with Gasteiger partial charge in [0.05, 0.1) is 13.0 Å². The predicted molar refractivity (Wildman–Crippen MR) is 122 cm³/mol. The number of amides is 4. The van der Waals surface area contributed by atoms with Gasteiger partial charge in [0.2, 0.25) is 23.6 Å². The molecule has 0 radical (unpaired) electrons. The van der Waals surface area contributed by atoms with Crippen LogP contribution < -0.4 is 38.9 Å². The Morgan fingerprint density at radius 3 is 1.97 bits per heavy atom. The summed E-state index contributed by atoms with van der Waals surface area (Å²) in [4.78, 5) is 64.4. The molecule has 34 heavy (non-hydrogen) atoms. The molecule has 0 aliphatic rings. The molecule has 0 spiro atoms. The van der Waals surface area contributed by atoms with Crippen molar-refractivity contribution < 1.29 is 34.2 Å². The van der Waals surface area contributed by atoms with Crippen molar-refractivity contribution in [2.24, 2.45) is 33.8 Å². The Morgan fingerprint density at radius 2 is 1.50 bits per heavy atom. The molecule has 5 unspecified atom stereocenters. The largest absolute Gasteiger partial charge is 0.480 e. The molecular formula is C19H36N8O7. The highest BCUT2D eigenvalue weighted by atomic mass is 16.4. The number of aliphatic carboxylic acids is 1. The maximum atomic E-state index is 12.9. The van der Waals surface area contributed by atoms with Crippen LogP contribution in [0.3, 0.4) is 0 Å². The number of nitrogens with one attached hydrogen (secondary N) is 3. The first-order valence-electron chi connectivity index (χ1n) is 10.7. The number of aliphatic imine (C=N–C) groups is 1. The number of carbonyl (C=O) groups excluding carboxylic acids is 4. The fraction of sp³-hybridized carbons (Fsp3) is 0.684. The smallest absolute Gasteiger partial charge is 0.326 e. The number of guanidine groups is 1. The first-order valence-corrected chi connectivity index (χ1v) is 10.7. The number of nitrogens with zero attached hydrogens (tertiary/aromatic N) is 1. The molecule has 0 saturated carbocycles. The van der Waals surface area contributed by atoms with Gasteiger partial charge >= 0.3 is 5.97 Å². The number of carbonyl (C=O) groups is 5. The highest BCUT2D eigenvalue weighted by molar-refractivity contribution is 5.96. The fourth-order valence-corrected chi connectivity index (χ4v) is 2.75. The van der Waals surface area contributed by atoms with Crippen molar-refractivity contribution in [1.29, 1.82) is 0 Å². The summed E-state index contributed by atoms with van der Waals surface area (Å²) in [6.45, 7) is 2.82. The molecule has 0 fully saturated rings. The summed E-state index contributed by atoms with van der Waals surface area (Å²) in [5, 5.41) is 25.4. The molecule has 0 bridgehead atoms. The van der Waals surface area contributed by atoms with Crippen molar-refractivity contribution in [3.8, 4) is 0 Å². The third-order valence-corrected chi connectivity index (χ3v) is 4.93. The molecule has 0 rings (SSSR count).